The van der Waals surface area contributed by atoms with E-state index in [4.69, 9.17) is 28.5 Å². The highest BCUT2D eigenvalue weighted by atomic mass is 35.5. The van der Waals surface area contributed by atoms with Crippen LogP contribution in [-0.2, 0) is 11.2 Å². The first kappa shape index (κ1) is 28.3. The molecular weight excluding hydrogens is 545 g/mol. The molecule has 5 N–H and O–H groups in total. The van der Waals surface area contributed by atoms with E-state index in [1.54, 1.807) is 29.4 Å². The number of H-pyrrole nitrogens is 1. The second-order valence-electron chi connectivity index (χ2n) is 9.23. The van der Waals surface area contributed by atoms with Crippen molar-refractivity contribution in [3.63, 3.8) is 0 Å². The molecule has 0 radical (unpaired) electrons. The number of nitriles is 1. The average molecular weight is 572 g/mol. The number of benzene rings is 2. The minimum absolute atomic E-state index is 0.0211. The Morgan fingerprint density at radius 2 is 2.10 bits per heavy atom. The van der Waals surface area contributed by atoms with E-state index in [2.05, 4.69) is 25.8 Å². The van der Waals surface area contributed by atoms with Crippen molar-refractivity contribution < 1.29 is 19.8 Å². The number of rotatable bonds is 9. The molecule has 3 aromatic rings. The molecule has 0 saturated carbocycles. The molecule has 204 valence electrons. The Labute approximate surface area is 234 Å². The van der Waals surface area contributed by atoms with Crippen LogP contribution in [0.15, 0.2) is 41.5 Å². The molecule has 0 spiro atoms. The van der Waals surface area contributed by atoms with Gasteiger partial charge in [-0.3, -0.25) is 9.89 Å². The molecule has 11 nitrogen and oxygen atoms in total. The maximum absolute atomic E-state index is 12.9. The predicted molar refractivity (Wildman–Crippen MR) is 146 cm³/mol. The van der Waals surface area contributed by atoms with Gasteiger partial charge in [-0.25, -0.2) is 0 Å². The summed E-state index contributed by atoms with van der Waals surface area (Å²) in [5, 5.41) is 42.8. The molecule has 3 atom stereocenters. The van der Waals surface area contributed by atoms with E-state index in [0.717, 1.165) is 22.0 Å². The molecule has 1 aliphatic heterocycles. The largest absolute Gasteiger partial charge is 0.391 e. The van der Waals surface area contributed by atoms with Crippen LogP contribution in [0.3, 0.4) is 0 Å². The molecule has 1 aliphatic rings. The number of aromatic nitrogens is 2. The number of aliphatic hydroxyl groups excluding tert-OH is 2. The fourth-order valence-corrected chi connectivity index (χ4v) is 5.10. The van der Waals surface area contributed by atoms with Crippen LogP contribution in [0.4, 0.5) is 0 Å². The SMILES string of the molecule is N#C/N=C(\NC[C@@H](C=O)NC(=O)c1c(Cl)cc(CCC(O)c2ccc3cn[nH]c3c2)cc1Cl)N1CC[C@H](O)C1. The lowest BCUT2D eigenvalue weighted by atomic mass is 9.99. The van der Waals surface area contributed by atoms with E-state index in [1.807, 2.05) is 18.2 Å². The second-order valence-corrected chi connectivity index (χ2v) is 10.0. The number of aldehydes is 1. The highest BCUT2D eigenvalue weighted by molar-refractivity contribution is 6.39. The molecule has 1 saturated heterocycles. The Balaban J connectivity index is 1.36. The third kappa shape index (κ3) is 7.04. The maximum Gasteiger partial charge on any atom is 0.254 e. The van der Waals surface area contributed by atoms with Crippen LogP contribution in [0.2, 0.25) is 10.0 Å². The molecule has 1 unspecified atom stereocenters. The van der Waals surface area contributed by atoms with E-state index in [-0.39, 0.29) is 28.1 Å². The minimum atomic E-state index is -0.969. The molecule has 4 rings (SSSR count). The topological polar surface area (TPSA) is 167 Å². The average Bonchev–Trinajstić information content (AvgIpc) is 3.56. The number of aliphatic imine (C=N–C) groups is 1. The van der Waals surface area contributed by atoms with Gasteiger partial charge in [0.25, 0.3) is 5.91 Å². The van der Waals surface area contributed by atoms with Crippen LogP contribution in [-0.4, -0.2) is 75.2 Å². The summed E-state index contributed by atoms with van der Waals surface area (Å²) in [5.74, 6) is -0.430. The summed E-state index contributed by atoms with van der Waals surface area (Å²) >= 11 is 12.8. The summed E-state index contributed by atoms with van der Waals surface area (Å²) in [5.41, 5.74) is 2.34. The smallest absolute Gasteiger partial charge is 0.254 e. The number of aryl methyl sites for hydroxylation is 1. The number of halogens is 2. The summed E-state index contributed by atoms with van der Waals surface area (Å²) in [4.78, 5) is 30.0. The van der Waals surface area contributed by atoms with Gasteiger partial charge in [-0.1, -0.05) is 35.3 Å². The first-order valence-corrected chi connectivity index (χ1v) is 13.0. The van der Waals surface area contributed by atoms with Gasteiger partial charge in [0.15, 0.2) is 0 Å². The van der Waals surface area contributed by atoms with Gasteiger partial charge in [-0.05, 0) is 48.6 Å². The fraction of sp³-hybridized carbons (Fsp3) is 0.346. The van der Waals surface area contributed by atoms with Crippen molar-refractivity contribution in [2.75, 3.05) is 19.6 Å². The van der Waals surface area contributed by atoms with Gasteiger partial charge in [0.2, 0.25) is 12.2 Å². The Morgan fingerprint density at radius 3 is 2.77 bits per heavy atom. The molecule has 0 aliphatic carbocycles. The predicted octanol–water partition coefficient (Wildman–Crippen LogP) is 2.33. The van der Waals surface area contributed by atoms with Crippen molar-refractivity contribution in [2.24, 2.45) is 4.99 Å². The lowest BCUT2D eigenvalue weighted by Gasteiger charge is -2.22. The molecule has 1 amide bonds. The number of nitrogens with zero attached hydrogens (tertiary/aromatic N) is 4. The van der Waals surface area contributed by atoms with Crippen molar-refractivity contribution in [3.05, 3.63) is 63.3 Å². The van der Waals surface area contributed by atoms with Crippen LogP contribution in [0.5, 0.6) is 0 Å². The van der Waals surface area contributed by atoms with E-state index in [1.165, 1.54) is 0 Å². The zero-order valence-electron chi connectivity index (χ0n) is 20.8. The van der Waals surface area contributed by atoms with E-state index in [9.17, 15) is 19.8 Å². The van der Waals surface area contributed by atoms with E-state index < -0.39 is 24.2 Å². The number of carbonyl (C=O) groups excluding carboxylic acids is 2. The molecule has 2 aromatic carbocycles. The number of β-amino-alcohol motifs (C(OH)–C–C–N with tert-alkyl or cyclic N) is 1. The number of hydrogen-bond donors (Lipinski definition) is 5. The van der Waals surface area contributed by atoms with Crippen molar-refractivity contribution in [3.8, 4) is 6.19 Å². The first-order valence-electron chi connectivity index (χ1n) is 12.3. The third-order valence-electron chi connectivity index (χ3n) is 6.47. The fourth-order valence-electron chi connectivity index (χ4n) is 4.40. The van der Waals surface area contributed by atoms with Crippen molar-refractivity contribution in [2.45, 2.75) is 37.5 Å². The van der Waals surface area contributed by atoms with Crippen LogP contribution in [0.1, 0.15) is 40.4 Å². The van der Waals surface area contributed by atoms with Gasteiger partial charge in [0.05, 0.1) is 39.5 Å². The zero-order valence-corrected chi connectivity index (χ0v) is 22.3. The van der Waals surface area contributed by atoms with Crippen LogP contribution in [0, 0.1) is 11.5 Å². The Hall–Kier alpha value is -3.69. The number of fused-ring (bicyclic) bond motifs is 1. The molecule has 2 heterocycles. The van der Waals surface area contributed by atoms with Gasteiger partial charge in [-0.2, -0.15) is 10.4 Å². The first-order chi connectivity index (χ1) is 18.8. The van der Waals surface area contributed by atoms with Gasteiger partial charge >= 0.3 is 0 Å². The van der Waals surface area contributed by atoms with Gasteiger partial charge in [-0.15, -0.1) is 4.99 Å². The van der Waals surface area contributed by atoms with Crippen LogP contribution < -0.4 is 10.6 Å². The molecule has 39 heavy (non-hydrogen) atoms. The molecular formula is C26H27Cl2N7O4. The zero-order chi connectivity index (χ0) is 27.9. The third-order valence-corrected chi connectivity index (χ3v) is 7.06. The number of nitrogens with one attached hydrogen (secondary N) is 3. The van der Waals surface area contributed by atoms with E-state index in [0.29, 0.717) is 38.6 Å². The maximum atomic E-state index is 12.9. The number of carbonyl (C=O) groups is 2. The number of guanidine groups is 1. The summed E-state index contributed by atoms with van der Waals surface area (Å²) in [6.45, 7) is 0.762. The van der Waals surface area contributed by atoms with Crippen LogP contribution in [0.25, 0.3) is 10.9 Å². The standard InChI is InChI=1S/C26H27Cl2N7O4/c27-20-7-15(1-4-23(38)16-2-3-17-10-32-34-22(17)9-16)8-21(28)24(20)25(39)33-18(13-36)11-30-26(31-14-29)35-6-5-19(37)12-35/h2-3,7-10,13,18-19,23,37-38H,1,4-6,11-12H2,(H,30,31)(H,32,34)(H,33,39)/t18-,19-,23?/m0/s1. The van der Waals surface area contributed by atoms with Crippen LogP contribution >= 0.6 is 23.2 Å². The number of aliphatic hydroxyl groups is 2. The minimum Gasteiger partial charge on any atom is -0.391 e. The Morgan fingerprint density at radius 1 is 1.33 bits per heavy atom. The lowest BCUT2D eigenvalue weighted by Crippen LogP contribution is -2.48. The van der Waals surface area contributed by atoms with Gasteiger partial charge < -0.3 is 30.5 Å². The second kappa shape index (κ2) is 12.9. The number of likely N-dealkylation sites (tertiary alicyclic amines) is 1. The summed E-state index contributed by atoms with van der Waals surface area (Å²) in [6.07, 6.45) is 4.09. The normalized spacial score (nSPS) is 17.1. The summed E-state index contributed by atoms with van der Waals surface area (Å²) in [7, 11) is 0. The molecule has 13 heteroatoms. The quantitative estimate of drug-likeness (QED) is 0.113. The van der Waals surface area contributed by atoms with Crippen molar-refractivity contribution in [1.82, 2.24) is 25.7 Å². The van der Waals surface area contributed by atoms with Gasteiger partial charge in [0, 0.05) is 25.0 Å². The molecule has 0 bridgehead atoms. The lowest BCUT2D eigenvalue weighted by molar-refractivity contribution is -0.109. The molecule has 1 aromatic heterocycles. The highest BCUT2D eigenvalue weighted by Crippen LogP contribution is 2.29. The number of amides is 1. The highest BCUT2D eigenvalue weighted by Gasteiger charge is 2.25. The Kier molecular flexibility index (Phi) is 9.37. The number of hydrogen-bond acceptors (Lipinski definition) is 7. The monoisotopic (exact) mass is 571 g/mol. The Bertz CT molecular complexity index is 1400. The van der Waals surface area contributed by atoms with Gasteiger partial charge in [0.1, 0.15) is 12.3 Å². The van der Waals surface area contributed by atoms with E-state index >= 15 is 0 Å². The number of aromatic amines is 1. The molecule has 1 fully saturated rings. The van der Waals surface area contributed by atoms with Crippen molar-refractivity contribution in [1.29, 1.82) is 5.26 Å². The summed E-state index contributed by atoms with van der Waals surface area (Å²) < 4.78 is 0. The van der Waals surface area contributed by atoms with Crippen molar-refractivity contribution >= 4 is 52.3 Å². The summed E-state index contributed by atoms with van der Waals surface area (Å²) in [6, 6.07) is 7.83.